The van der Waals surface area contributed by atoms with Crippen LogP contribution in [-0.2, 0) is 16.7 Å². The summed E-state index contributed by atoms with van der Waals surface area (Å²) in [7, 11) is 0. The van der Waals surface area contributed by atoms with E-state index in [1.807, 2.05) is 13.8 Å². The van der Waals surface area contributed by atoms with Gasteiger partial charge in [-0.15, -0.1) is 0 Å². The number of nitrogens with zero attached hydrogens (tertiary/aromatic N) is 2. The van der Waals surface area contributed by atoms with Crippen LogP contribution in [0, 0.1) is 5.92 Å². The molecule has 1 saturated heterocycles. The predicted octanol–water partition coefficient (Wildman–Crippen LogP) is 3.98. The molecule has 1 aliphatic rings. The largest absolute Gasteiger partial charge is 0.381 e. The summed E-state index contributed by atoms with van der Waals surface area (Å²) in [5.74, 6) is 1.14. The predicted molar refractivity (Wildman–Crippen MR) is 80.7 cm³/mol. The number of hydrogen-bond donors (Lipinski definition) is 0. The molecule has 0 bridgehead atoms. The summed E-state index contributed by atoms with van der Waals surface area (Å²) in [4.78, 5) is 0. The smallest absolute Gasteiger partial charge is 0.0653 e. The first-order valence-corrected chi connectivity index (χ1v) is 7.54. The van der Waals surface area contributed by atoms with Gasteiger partial charge in [0.1, 0.15) is 0 Å². The fourth-order valence-corrected chi connectivity index (χ4v) is 2.10. The van der Waals surface area contributed by atoms with Crippen LogP contribution in [0.5, 0.6) is 0 Å². The number of hydrogen-bond acceptors (Lipinski definition) is 2. The Bertz CT molecular complexity index is 384. The second-order valence-electron chi connectivity index (χ2n) is 6.44. The summed E-state index contributed by atoms with van der Waals surface area (Å²) in [5, 5.41) is 4.76. The maximum absolute atomic E-state index is 5.25. The van der Waals surface area contributed by atoms with Crippen molar-refractivity contribution < 1.29 is 4.74 Å². The number of rotatable bonds is 3. The zero-order chi connectivity index (χ0) is 14.6. The lowest BCUT2D eigenvalue weighted by Crippen LogP contribution is -2.33. The molecular formula is C16H30N2O. The van der Waals surface area contributed by atoms with Crippen LogP contribution in [0.1, 0.15) is 65.8 Å². The molecule has 0 saturated carbocycles. The minimum absolute atomic E-state index is 0.157. The number of aromatic nitrogens is 2. The molecule has 3 nitrogen and oxygen atoms in total. The van der Waals surface area contributed by atoms with Crippen molar-refractivity contribution in [2.24, 2.45) is 5.92 Å². The third-order valence-electron chi connectivity index (χ3n) is 3.30. The molecule has 1 aromatic rings. The van der Waals surface area contributed by atoms with E-state index < -0.39 is 0 Å². The molecule has 1 fully saturated rings. The van der Waals surface area contributed by atoms with Gasteiger partial charge >= 0.3 is 0 Å². The average molecular weight is 266 g/mol. The van der Waals surface area contributed by atoms with E-state index in [0.717, 1.165) is 19.8 Å². The summed E-state index contributed by atoms with van der Waals surface area (Å²) in [6, 6.07) is 2.27. The second kappa shape index (κ2) is 6.56. The third kappa shape index (κ3) is 4.07. The lowest BCUT2D eigenvalue weighted by Gasteiger charge is -2.28. The summed E-state index contributed by atoms with van der Waals surface area (Å²) in [6.45, 7) is 17.9. The van der Waals surface area contributed by atoms with Crippen LogP contribution in [0.3, 0.4) is 0 Å². The highest BCUT2D eigenvalue weighted by molar-refractivity contribution is 5.20. The van der Waals surface area contributed by atoms with Gasteiger partial charge in [0, 0.05) is 23.6 Å². The Morgan fingerprint density at radius 1 is 1.32 bits per heavy atom. The third-order valence-corrected chi connectivity index (χ3v) is 3.30. The molecule has 0 radical (unpaired) electrons. The average Bonchev–Trinajstić information content (AvgIpc) is 2.70. The van der Waals surface area contributed by atoms with Crippen LogP contribution >= 0.6 is 0 Å². The van der Waals surface area contributed by atoms with Crippen molar-refractivity contribution in [3.63, 3.8) is 0 Å². The van der Waals surface area contributed by atoms with Gasteiger partial charge in [0.05, 0.1) is 18.9 Å². The van der Waals surface area contributed by atoms with Gasteiger partial charge in [-0.3, -0.25) is 4.68 Å². The summed E-state index contributed by atoms with van der Waals surface area (Å²) >= 11 is 0. The molecule has 110 valence electrons. The molecule has 1 aromatic heterocycles. The Morgan fingerprint density at radius 2 is 1.89 bits per heavy atom. The van der Waals surface area contributed by atoms with Gasteiger partial charge in [-0.1, -0.05) is 48.5 Å². The molecule has 2 heterocycles. The summed E-state index contributed by atoms with van der Waals surface area (Å²) < 4.78 is 7.44. The highest BCUT2D eigenvalue weighted by Crippen LogP contribution is 2.27. The van der Waals surface area contributed by atoms with Gasteiger partial charge in [-0.25, -0.2) is 0 Å². The highest BCUT2D eigenvalue weighted by atomic mass is 16.5. The van der Waals surface area contributed by atoms with E-state index in [9.17, 15) is 0 Å². The molecule has 0 aliphatic carbocycles. The first-order valence-electron chi connectivity index (χ1n) is 7.54. The molecular weight excluding hydrogens is 236 g/mol. The zero-order valence-electron chi connectivity index (χ0n) is 13.7. The van der Waals surface area contributed by atoms with Crippen LogP contribution in [0.4, 0.5) is 0 Å². The lowest BCUT2D eigenvalue weighted by molar-refractivity contribution is -0.0414. The zero-order valence-corrected chi connectivity index (χ0v) is 13.7. The molecule has 1 aliphatic heterocycles. The van der Waals surface area contributed by atoms with Gasteiger partial charge in [0.15, 0.2) is 0 Å². The Morgan fingerprint density at radius 3 is 2.26 bits per heavy atom. The minimum Gasteiger partial charge on any atom is -0.381 e. The number of ether oxygens (including phenoxy) is 1. The van der Waals surface area contributed by atoms with Crippen molar-refractivity contribution in [3.8, 4) is 0 Å². The van der Waals surface area contributed by atoms with Crippen molar-refractivity contribution in [1.82, 2.24) is 9.78 Å². The van der Waals surface area contributed by atoms with Crippen molar-refractivity contribution in [2.45, 2.75) is 66.3 Å². The van der Waals surface area contributed by atoms with E-state index in [1.165, 1.54) is 11.4 Å². The highest BCUT2D eigenvalue weighted by Gasteiger charge is 2.25. The molecule has 19 heavy (non-hydrogen) atoms. The monoisotopic (exact) mass is 266 g/mol. The Balaban J connectivity index is 0.000000861. The molecule has 0 N–H and O–H groups in total. The normalized spacial score (nSPS) is 16.0. The van der Waals surface area contributed by atoms with E-state index in [2.05, 4.69) is 45.4 Å². The van der Waals surface area contributed by atoms with Gasteiger partial charge in [0.2, 0.25) is 0 Å². The SMILES string of the molecule is CC.CC(C)c1cc(C(C)(C)C)n(CC2COC2)n1. The van der Waals surface area contributed by atoms with Crippen molar-refractivity contribution in [3.05, 3.63) is 17.5 Å². The standard InChI is InChI=1S/C14H24N2O.C2H6/c1-10(2)12-6-13(14(3,4)5)16(15-12)7-11-8-17-9-11;1-2/h6,10-11H,7-9H2,1-5H3;1-2H3. The van der Waals surface area contributed by atoms with Gasteiger partial charge in [0.25, 0.3) is 0 Å². The molecule has 2 rings (SSSR count). The van der Waals surface area contributed by atoms with Gasteiger partial charge in [-0.05, 0) is 12.0 Å². The topological polar surface area (TPSA) is 27.1 Å². The van der Waals surface area contributed by atoms with Crippen molar-refractivity contribution in [1.29, 1.82) is 0 Å². The molecule has 0 amide bonds. The van der Waals surface area contributed by atoms with E-state index in [-0.39, 0.29) is 5.41 Å². The minimum atomic E-state index is 0.157. The van der Waals surface area contributed by atoms with Crippen LogP contribution in [0.15, 0.2) is 6.07 Å². The van der Waals surface area contributed by atoms with Crippen molar-refractivity contribution >= 4 is 0 Å². The Kier molecular flexibility index (Phi) is 5.60. The fraction of sp³-hybridized carbons (Fsp3) is 0.812. The molecule has 0 unspecified atom stereocenters. The maximum Gasteiger partial charge on any atom is 0.0653 e. The first-order chi connectivity index (χ1) is 8.88. The molecule has 0 atom stereocenters. The maximum atomic E-state index is 5.25. The fourth-order valence-electron chi connectivity index (χ4n) is 2.10. The van der Waals surface area contributed by atoms with E-state index >= 15 is 0 Å². The second-order valence-corrected chi connectivity index (χ2v) is 6.44. The molecule has 0 spiro atoms. The van der Waals surface area contributed by atoms with Gasteiger partial charge < -0.3 is 4.74 Å². The quantitative estimate of drug-likeness (QED) is 0.827. The lowest BCUT2D eigenvalue weighted by atomic mass is 9.91. The van der Waals surface area contributed by atoms with Gasteiger partial charge in [-0.2, -0.15) is 5.10 Å². The summed E-state index contributed by atoms with van der Waals surface area (Å²) in [6.07, 6.45) is 0. The van der Waals surface area contributed by atoms with Crippen LogP contribution < -0.4 is 0 Å². The van der Waals surface area contributed by atoms with Crippen molar-refractivity contribution in [2.75, 3.05) is 13.2 Å². The first kappa shape index (κ1) is 16.2. The van der Waals surface area contributed by atoms with Crippen LogP contribution in [0.2, 0.25) is 0 Å². The Labute approximate surface area is 118 Å². The van der Waals surface area contributed by atoms with E-state index in [0.29, 0.717) is 11.8 Å². The Hall–Kier alpha value is -0.830. The van der Waals surface area contributed by atoms with E-state index in [4.69, 9.17) is 9.84 Å². The summed E-state index contributed by atoms with van der Waals surface area (Å²) in [5.41, 5.74) is 2.70. The van der Waals surface area contributed by atoms with E-state index in [1.54, 1.807) is 0 Å². The van der Waals surface area contributed by atoms with Crippen LogP contribution in [-0.4, -0.2) is 23.0 Å². The van der Waals surface area contributed by atoms with Crippen LogP contribution in [0.25, 0.3) is 0 Å². The molecule has 0 aromatic carbocycles. The molecule has 3 heteroatoms.